The van der Waals surface area contributed by atoms with Crippen LogP contribution in [-0.2, 0) is 16.1 Å². The molecule has 0 saturated heterocycles. The number of ether oxygens (including phenoxy) is 3. The van der Waals surface area contributed by atoms with E-state index in [2.05, 4.69) is 10.3 Å². The van der Waals surface area contributed by atoms with Gasteiger partial charge < -0.3 is 19.5 Å². The van der Waals surface area contributed by atoms with E-state index in [1.54, 1.807) is 13.8 Å². The van der Waals surface area contributed by atoms with Gasteiger partial charge in [0.2, 0.25) is 0 Å². The molecule has 8 heteroatoms. The summed E-state index contributed by atoms with van der Waals surface area (Å²) in [6, 6.07) is 17.2. The van der Waals surface area contributed by atoms with Crippen LogP contribution in [0, 0.1) is 6.92 Å². The first kappa shape index (κ1) is 24.3. The average Bonchev–Trinajstić information content (AvgIpc) is 3.23. The number of benzene rings is 2. The Morgan fingerprint density at radius 3 is 2.64 bits per heavy atom. The topological polar surface area (TPSA) is 86.8 Å². The number of nitrogens with zero attached hydrogens (tertiary/aromatic N) is 1. The Kier molecular flexibility index (Phi) is 9.26. The summed E-state index contributed by atoms with van der Waals surface area (Å²) in [5.41, 5.74) is 2.50. The minimum Gasteiger partial charge on any atom is -0.494 e. The number of hydrogen-bond acceptors (Lipinski definition) is 7. The average molecular weight is 469 g/mol. The molecule has 3 aromatic rings. The van der Waals surface area contributed by atoms with Crippen LogP contribution in [-0.4, -0.2) is 36.8 Å². The molecule has 33 heavy (non-hydrogen) atoms. The molecule has 3 rings (SSSR count). The van der Waals surface area contributed by atoms with E-state index in [-0.39, 0.29) is 12.6 Å². The molecule has 1 aromatic heterocycles. The second kappa shape index (κ2) is 12.6. The minimum atomic E-state index is -0.423. The van der Waals surface area contributed by atoms with Gasteiger partial charge in [-0.2, -0.15) is 0 Å². The number of aromatic nitrogens is 1. The van der Waals surface area contributed by atoms with Gasteiger partial charge in [0, 0.05) is 12.1 Å². The molecule has 0 unspecified atom stereocenters. The Bertz CT molecular complexity index is 1050. The SMILES string of the molecule is CCOC(=O)c1sc(-c2cccc(OCCCCNC(=O)OCc3ccccc3)c2)nc1C. The fourth-order valence-electron chi connectivity index (χ4n) is 3.01. The van der Waals surface area contributed by atoms with E-state index in [4.69, 9.17) is 14.2 Å². The van der Waals surface area contributed by atoms with Crippen molar-refractivity contribution in [2.75, 3.05) is 19.8 Å². The molecule has 0 aliphatic rings. The van der Waals surface area contributed by atoms with Crippen LogP contribution in [0.25, 0.3) is 10.6 Å². The van der Waals surface area contributed by atoms with Crippen molar-refractivity contribution in [2.45, 2.75) is 33.3 Å². The quantitative estimate of drug-likeness (QED) is 0.300. The molecule has 0 aliphatic heterocycles. The highest BCUT2D eigenvalue weighted by atomic mass is 32.1. The molecule has 0 fully saturated rings. The normalized spacial score (nSPS) is 10.5. The van der Waals surface area contributed by atoms with Crippen molar-refractivity contribution in [3.8, 4) is 16.3 Å². The van der Waals surface area contributed by atoms with Crippen LogP contribution >= 0.6 is 11.3 Å². The first-order valence-electron chi connectivity index (χ1n) is 10.9. The van der Waals surface area contributed by atoms with Gasteiger partial charge >= 0.3 is 12.1 Å². The second-order valence-electron chi connectivity index (χ2n) is 7.23. The van der Waals surface area contributed by atoms with Gasteiger partial charge in [0.15, 0.2) is 0 Å². The Hall–Kier alpha value is -3.39. The van der Waals surface area contributed by atoms with Gasteiger partial charge in [0.25, 0.3) is 0 Å². The molecule has 0 saturated carbocycles. The van der Waals surface area contributed by atoms with Gasteiger partial charge in [-0.15, -0.1) is 11.3 Å². The van der Waals surface area contributed by atoms with E-state index in [0.717, 1.165) is 34.7 Å². The zero-order valence-corrected chi connectivity index (χ0v) is 19.7. The predicted octanol–water partition coefficient (Wildman–Crippen LogP) is 5.38. The molecule has 7 nitrogen and oxygen atoms in total. The van der Waals surface area contributed by atoms with Crippen molar-refractivity contribution < 1.29 is 23.8 Å². The third-order valence-corrected chi connectivity index (χ3v) is 5.85. The fraction of sp³-hybridized carbons (Fsp3) is 0.320. The number of esters is 1. The summed E-state index contributed by atoms with van der Waals surface area (Å²) in [4.78, 5) is 28.8. The third kappa shape index (κ3) is 7.61. The summed E-state index contributed by atoms with van der Waals surface area (Å²) >= 11 is 1.32. The van der Waals surface area contributed by atoms with Gasteiger partial charge in [-0.1, -0.05) is 42.5 Å². The number of carbonyl (C=O) groups excluding carboxylic acids is 2. The van der Waals surface area contributed by atoms with Crippen molar-refractivity contribution in [2.24, 2.45) is 0 Å². The predicted molar refractivity (Wildman–Crippen MR) is 128 cm³/mol. The number of amides is 1. The number of rotatable bonds is 11. The highest BCUT2D eigenvalue weighted by Gasteiger charge is 2.17. The van der Waals surface area contributed by atoms with E-state index >= 15 is 0 Å². The maximum absolute atomic E-state index is 12.0. The molecule has 0 atom stereocenters. The lowest BCUT2D eigenvalue weighted by Crippen LogP contribution is -2.25. The van der Waals surface area contributed by atoms with Crippen LogP contribution in [0.1, 0.15) is 40.7 Å². The molecule has 0 aliphatic carbocycles. The molecule has 1 N–H and O–H groups in total. The number of aryl methyl sites for hydroxylation is 1. The lowest BCUT2D eigenvalue weighted by atomic mass is 10.2. The number of thiazole rings is 1. The first-order valence-corrected chi connectivity index (χ1v) is 11.7. The van der Waals surface area contributed by atoms with E-state index in [1.165, 1.54) is 11.3 Å². The number of nitrogens with one attached hydrogen (secondary N) is 1. The number of alkyl carbamates (subject to hydrolysis) is 1. The van der Waals surface area contributed by atoms with Crippen molar-refractivity contribution >= 4 is 23.4 Å². The summed E-state index contributed by atoms with van der Waals surface area (Å²) in [6.07, 6.45) is 1.13. The molecule has 1 heterocycles. The minimum absolute atomic E-state index is 0.256. The summed E-state index contributed by atoms with van der Waals surface area (Å²) in [5.74, 6) is 0.386. The standard InChI is InChI=1S/C25H28N2O5S/c1-3-30-24(28)22-18(2)27-23(33-22)20-12-9-13-21(16-20)31-15-8-7-14-26-25(29)32-17-19-10-5-4-6-11-19/h4-6,9-13,16H,3,7-8,14-15,17H2,1-2H3,(H,26,29). The van der Waals surface area contributed by atoms with Crippen molar-refractivity contribution in [1.29, 1.82) is 0 Å². The number of unbranched alkanes of at least 4 members (excludes halogenated alkanes) is 1. The Balaban J connectivity index is 1.38. The molecule has 1 amide bonds. The van der Waals surface area contributed by atoms with Gasteiger partial charge in [-0.05, 0) is 44.4 Å². The van der Waals surface area contributed by atoms with Crippen LogP contribution < -0.4 is 10.1 Å². The molecule has 2 aromatic carbocycles. The highest BCUT2D eigenvalue weighted by Crippen LogP contribution is 2.30. The van der Waals surface area contributed by atoms with Crippen LogP contribution in [0.4, 0.5) is 4.79 Å². The molecular weight excluding hydrogens is 440 g/mol. The molecule has 0 spiro atoms. The summed E-state index contributed by atoms with van der Waals surface area (Å²) in [7, 11) is 0. The maximum atomic E-state index is 12.0. The lowest BCUT2D eigenvalue weighted by molar-refractivity contribution is 0.0531. The number of hydrogen-bond donors (Lipinski definition) is 1. The van der Waals surface area contributed by atoms with E-state index < -0.39 is 6.09 Å². The van der Waals surface area contributed by atoms with Crippen LogP contribution in [0.15, 0.2) is 54.6 Å². The van der Waals surface area contributed by atoms with Crippen molar-refractivity contribution in [3.63, 3.8) is 0 Å². The third-order valence-electron chi connectivity index (χ3n) is 4.66. The Morgan fingerprint density at radius 1 is 1.03 bits per heavy atom. The smallest absolute Gasteiger partial charge is 0.407 e. The molecule has 0 radical (unpaired) electrons. The van der Waals surface area contributed by atoms with E-state index in [9.17, 15) is 9.59 Å². The summed E-state index contributed by atoms with van der Waals surface area (Å²) < 4.78 is 16.1. The van der Waals surface area contributed by atoms with Gasteiger partial charge in [0.1, 0.15) is 22.2 Å². The highest BCUT2D eigenvalue weighted by molar-refractivity contribution is 7.17. The largest absolute Gasteiger partial charge is 0.494 e. The zero-order chi connectivity index (χ0) is 23.5. The summed E-state index contributed by atoms with van der Waals surface area (Å²) in [6.45, 7) is 5.22. The fourth-order valence-corrected chi connectivity index (χ4v) is 3.96. The Morgan fingerprint density at radius 2 is 1.85 bits per heavy atom. The molecular formula is C25H28N2O5S. The van der Waals surface area contributed by atoms with E-state index in [1.807, 2.05) is 54.6 Å². The lowest BCUT2D eigenvalue weighted by Gasteiger charge is -2.09. The van der Waals surface area contributed by atoms with Crippen LogP contribution in [0.2, 0.25) is 0 Å². The first-order chi connectivity index (χ1) is 16.1. The van der Waals surface area contributed by atoms with Gasteiger partial charge in [-0.25, -0.2) is 14.6 Å². The zero-order valence-electron chi connectivity index (χ0n) is 18.8. The Labute approximate surface area is 197 Å². The maximum Gasteiger partial charge on any atom is 0.407 e. The van der Waals surface area contributed by atoms with Crippen LogP contribution in [0.3, 0.4) is 0 Å². The molecule has 174 valence electrons. The van der Waals surface area contributed by atoms with E-state index in [0.29, 0.717) is 30.3 Å². The number of carbonyl (C=O) groups is 2. The van der Waals surface area contributed by atoms with Crippen molar-refractivity contribution in [1.82, 2.24) is 10.3 Å². The van der Waals surface area contributed by atoms with Crippen molar-refractivity contribution in [3.05, 3.63) is 70.7 Å². The monoisotopic (exact) mass is 468 g/mol. The van der Waals surface area contributed by atoms with Gasteiger partial charge in [0.05, 0.1) is 18.9 Å². The molecule has 0 bridgehead atoms. The van der Waals surface area contributed by atoms with Gasteiger partial charge in [-0.3, -0.25) is 0 Å². The van der Waals surface area contributed by atoms with Crippen LogP contribution in [0.5, 0.6) is 5.75 Å². The second-order valence-corrected chi connectivity index (χ2v) is 8.23. The summed E-state index contributed by atoms with van der Waals surface area (Å²) in [5, 5.41) is 3.50.